The van der Waals surface area contributed by atoms with Gasteiger partial charge in [0, 0.05) is 0 Å². The Hall–Kier alpha value is -0.0400. The quantitative estimate of drug-likeness (QED) is 0.417. The highest BCUT2D eigenvalue weighted by molar-refractivity contribution is 4.49. The summed E-state index contributed by atoms with van der Waals surface area (Å²) in [6.07, 6.45) is 15.6. The molecule has 0 N–H and O–H groups in total. The average molecular weight is 258 g/mol. The predicted octanol–water partition coefficient (Wildman–Crippen LogP) is 5.89. The molecule has 0 unspecified atom stereocenters. The van der Waals surface area contributed by atoms with Crippen molar-refractivity contribution in [2.24, 2.45) is 0 Å². The summed E-state index contributed by atoms with van der Waals surface area (Å²) in [6.45, 7) is 7.79. The van der Waals surface area contributed by atoms with Crippen molar-refractivity contribution in [1.82, 2.24) is 4.90 Å². The summed E-state index contributed by atoms with van der Waals surface area (Å²) in [6, 6.07) is 0. The fourth-order valence-corrected chi connectivity index (χ4v) is 1.92. The zero-order valence-electron chi connectivity index (χ0n) is 13.9. The molecule has 0 fully saturated rings. The van der Waals surface area contributed by atoms with Crippen molar-refractivity contribution in [1.29, 1.82) is 0 Å². The Labute approximate surface area is 117 Å². The topological polar surface area (TPSA) is 3.24 Å². The third kappa shape index (κ3) is 25.0. The van der Waals surface area contributed by atoms with Crippen molar-refractivity contribution >= 4 is 0 Å². The second-order valence-corrected chi connectivity index (χ2v) is 5.69. The molecule has 0 radical (unpaired) electrons. The molecular weight excluding hydrogens is 218 g/mol. The van der Waals surface area contributed by atoms with Crippen LogP contribution in [0.25, 0.3) is 0 Å². The van der Waals surface area contributed by atoms with Crippen LogP contribution in [-0.4, -0.2) is 25.5 Å². The summed E-state index contributed by atoms with van der Waals surface area (Å²) in [5, 5.41) is 0. The van der Waals surface area contributed by atoms with Gasteiger partial charge in [-0.2, -0.15) is 0 Å². The van der Waals surface area contributed by atoms with Gasteiger partial charge in [0.1, 0.15) is 0 Å². The number of hydrogen-bond acceptors (Lipinski definition) is 1. The highest BCUT2D eigenvalue weighted by atomic mass is 15.0. The highest BCUT2D eigenvalue weighted by Crippen LogP contribution is 2.10. The first-order valence-corrected chi connectivity index (χ1v) is 8.33. The van der Waals surface area contributed by atoms with Gasteiger partial charge < -0.3 is 4.90 Å². The van der Waals surface area contributed by atoms with Crippen LogP contribution in [0.1, 0.15) is 91.4 Å². The van der Waals surface area contributed by atoms with E-state index in [1.165, 1.54) is 77.2 Å². The first-order chi connectivity index (χ1) is 8.68. The van der Waals surface area contributed by atoms with Crippen LogP contribution in [0.4, 0.5) is 0 Å². The zero-order chi connectivity index (χ0) is 14.1. The molecule has 0 saturated carbocycles. The molecule has 0 aromatic carbocycles. The van der Waals surface area contributed by atoms with Gasteiger partial charge in [0.05, 0.1) is 0 Å². The lowest BCUT2D eigenvalue weighted by Crippen LogP contribution is -2.12. The van der Waals surface area contributed by atoms with E-state index in [4.69, 9.17) is 0 Å². The van der Waals surface area contributed by atoms with E-state index in [-0.39, 0.29) is 0 Å². The molecular formula is C17H39N. The summed E-state index contributed by atoms with van der Waals surface area (Å²) in [7, 11) is 4.32. The van der Waals surface area contributed by atoms with E-state index in [9.17, 15) is 0 Å². The molecule has 1 nitrogen and oxygen atoms in total. The molecule has 0 aromatic heterocycles. The lowest BCUT2D eigenvalue weighted by atomic mass is 10.1. The van der Waals surface area contributed by atoms with E-state index in [1.807, 2.05) is 0 Å². The Morgan fingerprint density at radius 2 is 0.889 bits per heavy atom. The van der Waals surface area contributed by atoms with Crippen LogP contribution in [0.15, 0.2) is 0 Å². The van der Waals surface area contributed by atoms with E-state index in [1.54, 1.807) is 0 Å². The first-order valence-electron chi connectivity index (χ1n) is 8.33. The fourth-order valence-electron chi connectivity index (χ4n) is 1.92. The molecule has 0 aliphatic heterocycles. The second-order valence-electron chi connectivity index (χ2n) is 5.69. The van der Waals surface area contributed by atoms with Gasteiger partial charge in [0.15, 0.2) is 0 Å². The van der Waals surface area contributed by atoms with Crippen molar-refractivity contribution in [3.63, 3.8) is 0 Å². The monoisotopic (exact) mass is 257 g/mol. The average Bonchev–Trinajstić information content (AvgIpc) is 2.32. The number of hydrogen-bond donors (Lipinski definition) is 0. The van der Waals surface area contributed by atoms with Gasteiger partial charge in [0.25, 0.3) is 0 Å². The minimum Gasteiger partial charge on any atom is -0.309 e. The van der Waals surface area contributed by atoms with Crippen LogP contribution in [0.5, 0.6) is 0 Å². The first kappa shape index (κ1) is 20.3. The SMILES string of the molecule is CCC.CCCCCCCCCCCCN(C)C. The Morgan fingerprint density at radius 1 is 0.556 bits per heavy atom. The maximum absolute atomic E-state index is 2.28. The Balaban J connectivity index is 0. The predicted molar refractivity (Wildman–Crippen MR) is 86.4 cm³/mol. The number of unbranched alkanes of at least 4 members (excludes halogenated alkanes) is 9. The summed E-state index contributed by atoms with van der Waals surface area (Å²) < 4.78 is 0. The van der Waals surface area contributed by atoms with Crippen LogP contribution in [0, 0.1) is 0 Å². The van der Waals surface area contributed by atoms with Crippen LogP contribution >= 0.6 is 0 Å². The van der Waals surface area contributed by atoms with Crippen molar-refractivity contribution < 1.29 is 0 Å². The van der Waals surface area contributed by atoms with Gasteiger partial charge in [-0.25, -0.2) is 0 Å². The van der Waals surface area contributed by atoms with Crippen molar-refractivity contribution in [3.05, 3.63) is 0 Å². The maximum Gasteiger partial charge on any atom is -0.00248 e. The van der Waals surface area contributed by atoms with E-state index in [2.05, 4.69) is 39.8 Å². The summed E-state index contributed by atoms with van der Waals surface area (Å²) in [5.41, 5.74) is 0. The van der Waals surface area contributed by atoms with Gasteiger partial charge in [-0.1, -0.05) is 85.0 Å². The molecule has 18 heavy (non-hydrogen) atoms. The molecule has 0 atom stereocenters. The molecule has 1 heteroatoms. The Morgan fingerprint density at radius 3 is 1.22 bits per heavy atom. The van der Waals surface area contributed by atoms with E-state index in [0.29, 0.717) is 0 Å². The fraction of sp³-hybridized carbons (Fsp3) is 1.00. The van der Waals surface area contributed by atoms with Crippen LogP contribution < -0.4 is 0 Å². The molecule has 0 spiro atoms. The van der Waals surface area contributed by atoms with Gasteiger partial charge in [-0.05, 0) is 27.1 Å². The smallest absolute Gasteiger partial charge is 0.00248 e. The largest absolute Gasteiger partial charge is 0.309 e. The van der Waals surface area contributed by atoms with Gasteiger partial charge in [-0.3, -0.25) is 0 Å². The summed E-state index contributed by atoms with van der Waals surface area (Å²) in [4.78, 5) is 2.28. The van der Waals surface area contributed by atoms with Crippen molar-refractivity contribution in [3.8, 4) is 0 Å². The molecule has 0 bridgehead atoms. The molecule has 0 saturated heterocycles. The minimum atomic E-state index is 1.25. The van der Waals surface area contributed by atoms with Crippen LogP contribution in [-0.2, 0) is 0 Å². The molecule has 0 heterocycles. The minimum absolute atomic E-state index is 1.25. The van der Waals surface area contributed by atoms with Crippen molar-refractivity contribution in [2.75, 3.05) is 20.6 Å². The molecule has 0 aliphatic carbocycles. The van der Waals surface area contributed by atoms with E-state index >= 15 is 0 Å². The van der Waals surface area contributed by atoms with E-state index < -0.39 is 0 Å². The van der Waals surface area contributed by atoms with Crippen LogP contribution in [0.3, 0.4) is 0 Å². The zero-order valence-corrected chi connectivity index (χ0v) is 13.9. The van der Waals surface area contributed by atoms with Crippen molar-refractivity contribution in [2.45, 2.75) is 91.4 Å². The maximum atomic E-state index is 2.28. The third-order valence-corrected chi connectivity index (χ3v) is 2.96. The molecule has 0 aromatic rings. The lowest BCUT2D eigenvalue weighted by molar-refractivity contribution is 0.389. The third-order valence-electron chi connectivity index (χ3n) is 2.96. The van der Waals surface area contributed by atoms with Gasteiger partial charge in [-0.15, -0.1) is 0 Å². The highest BCUT2D eigenvalue weighted by Gasteiger charge is 1.93. The second kappa shape index (κ2) is 19.3. The number of nitrogens with zero attached hydrogens (tertiary/aromatic N) is 1. The lowest BCUT2D eigenvalue weighted by Gasteiger charge is -2.08. The molecule has 0 rings (SSSR count). The summed E-state index contributed by atoms with van der Waals surface area (Å²) >= 11 is 0. The van der Waals surface area contributed by atoms with Gasteiger partial charge >= 0.3 is 0 Å². The van der Waals surface area contributed by atoms with E-state index in [0.717, 1.165) is 0 Å². The van der Waals surface area contributed by atoms with Gasteiger partial charge in [0.2, 0.25) is 0 Å². The normalized spacial score (nSPS) is 10.3. The standard InChI is InChI=1S/C14H31N.C3H8/c1-4-5-6-7-8-9-10-11-12-13-14-15(2)3;1-3-2/h4-14H2,1-3H3;3H2,1-2H3. The van der Waals surface area contributed by atoms with Crippen LogP contribution in [0.2, 0.25) is 0 Å². The molecule has 0 amide bonds. The Bertz CT molecular complexity index is 121. The molecule has 112 valence electrons. The molecule has 0 aliphatic rings. The Kier molecular flexibility index (Phi) is 21.7. The number of rotatable bonds is 11. The summed E-state index contributed by atoms with van der Waals surface area (Å²) in [5.74, 6) is 0.